The summed E-state index contributed by atoms with van der Waals surface area (Å²) in [7, 11) is 1.59. The molecule has 9 nitrogen and oxygen atoms in total. The molecule has 0 aromatic heterocycles. The summed E-state index contributed by atoms with van der Waals surface area (Å²) >= 11 is 1.42. The van der Waals surface area contributed by atoms with Crippen LogP contribution in [0.5, 0.6) is 5.75 Å². The number of methoxy groups -OCH3 is 1. The Morgan fingerprint density at radius 2 is 1.86 bits per heavy atom. The number of rotatable bonds is 7. The maximum atomic E-state index is 13.3. The Morgan fingerprint density at radius 3 is 2.53 bits per heavy atom. The number of ether oxygens (including phenoxy) is 2. The lowest BCUT2D eigenvalue weighted by Crippen LogP contribution is -2.50. The summed E-state index contributed by atoms with van der Waals surface area (Å²) in [5.41, 5.74) is 2.46. The zero-order valence-electron chi connectivity index (χ0n) is 20.7. The summed E-state index contributed by atoms with van der Waals surface area (Å²) in [6.45, 7) is 9.07. The van der Waals surface area contributed by atoms with Gasteiger partial charge in [-0.15, -0.1) is 0 Å². The topological polar surface area (TPSA) is 91.8 Å². The summed E-state index contributed by atoms with van der Waals surface area (Å²) in [6.07, 6.45) is 1.66. The number of esters is 1. The van der Waals surface area contributed by atoms with Crippen LogP contribution in [-0.2, 0) is 19.1 Å². The second-order valence-electron chi connectivity index (χ2n) is 8.59. The van der Waals surface area contributed by atoms with Gasteiger partial charge in [-0.05, 0) is 18.4 Å². The first-order valence-electron chi connectivity index (χ1n) is 11.7. The van der Waals surface area contributed by atoms with Gasteiger partial charge in [0.05, 0.1) is 30.8 Å². The fraction of sp³-hybridized carbons (Fsp3) is 0.385. The van der Waals surface area contributed by atoms with Gasteiger partial charge < -0.3 is 24.2 Å². The lowest BCUT2D eigenvalue weighted by Gasteiger charge is -2.38. The van der Waals surface area contributed by atoms with E-state index in [1.54, 1.807) is 30.8 Å². The fourth-order valence-electron chi connectivity index (χ4n) is 4.57. The number of aliphatic imine (C=N–C) groups is 1. The lowest BCUT2D eigenvalue weighted by molar-refractivity contribution is -0.138. The summed E-state index contributed by atoms with van der Waals surface area (Å²) < 4.78 is 11.1. The molecule has 1 fully saturated rings. The molecular formula is C26H30N4O5S. The van der Waals surface area contributed by atoms with E-state index in [2.05, 4.69) is 11.6 Å². The average molecular weight is 511 g/mol. The highest BCUT2D eigenvalue weighted by atomic mass is 32.2. The number of carbonyl (C=O) groups excluding carboxylic acids is 3. The largest absolute Gasteiger partial charge is 0.496 e. The van der Waals surface area contributed by atoms with Crippen LogP contribution in [0.4, 0.5) is 0 Å². The second-order valence-corrected chi connectivity index (χ2v) is 9.42. The quantitative estimate of drug-likeness (QED) is 0.411. The molecule has 4 rings (SSSR count). The number of benzene rings is 1. The van der Waals surface area contributed by atoms with Gasteiger partial charge in [-0.3, -0.25) is 9.59 Å². The van der Waals surface area contributed by atoms with Crippen LogP contribution < -0.4 is 4.74 Å². The van der Waals surface area contributed by atoms with E-state index >= 15 is 0 Å². The third-order valence-corrected chi connectivity index (χ3v) is 7.29. The summed E-state index contributed by atoms with van der Waals surface area (Å²) in [5.74, 6) is 0.110. The highest BCUT2D eigenvalue weighted by Crippen LogP contribution is 2.47. The molecule has 3 aliphatic rings. The Hall–Kier alpha value is -3.53. The Balaban J connectivity index is 1.65. The van der Waals surface area contributed by atoms with Crippen molar-refractivity contribution in [2.45, 2.75) is 26.3 Å². The Bertz CT molecular complexity index is 1170. The molecule has 1 saturated heterocycles. The number of thioether (sulfide) groups is 1. The van der Waals surface area contributed by atoms with Crippen LogP contribution in [0.2, 0.25) is 0 Å². The van der Waals surface area contributed by atoms with Crippen molar-refractivity contribution in [1.29, 1.82) is 0 Å². The molecule has 0 radical (unpaired) electrons. The molecule has 2 amide bonds. The second kappa shape index (κ2) is 11.0. The number of hydrogen-bond donors (Lipinski definition) is 0. The fourth-order valence-corrected chi connectivity index (χ4v) is 5.53. The van der Waals surface area contributed by atoms with Crippen LogP contribution in [0.15, 0.2) is 64.3 Å². The van der Waals surface area contributed by atoms with E-state index in [-0.39, 0.29) is 24.8 Å². The molecule has 3 heterocycles. The highest BCUT2D eigenvalue weighted by Gasteiger charge is 2.42. The van der Waals surface area contributed by atoms with Crippen LogP contribution in [0, 0.1) is 0 Å². The van der Waals surface area contributed by atoms with E-state index in [1.807, 2.05) is 34.6 Å². The van der Waals surface area contributed by atoms with E-state index in [0.29, 0.717) is 48.4 Å². The van der Waals surface area contributed by atoms with Crippen LogP contribution >= 0.6 is 11.8 Å². The maximum Gasteiger partial charge on any atom is 0.338 e. The summed E-state index contributed by atoms with van der Waals surface area (Å²) in [5, 5.41) is 2.60. The number of para-hydroxylation sites is 1. The lowest BCUT2D eigenvalue weighted by atomic mass is 9.93. The molecule has 0 N–H and O–H groups in total. The Labute approximate surface area is 215 Å². The maximum absolute atomic E-state index is 13.3. The van der Waals surface area contributed by atoms with Gasteiger partial charge in [-0.2, -0.15) is 0 Å². The minimum Gasteiger partial charge on any atom is -0.496 e. The van der Waals surface area contributed by atoms with Gasteiger partial charge in [0, 0.05) is 44.4 Å². The van der Waals surface area contributed by atoms with Gasteiger partial charge in [0.2, 0.25) is 11.8 Å². The molecule has 190 valence electrons. The van der Waals surface area contributed by atoms with E-state index in [0.717, 1.165) is 11.3 Å². The molecule has 10 heteroatoms. The molecule has 1 atom stereocenters. The molecule has 3 aliphatic heterocycles. The average Bonchev–Trinajstić information content (AvgIpc) is 3.28. The number of hydrogen-bond acceptors (Lipinski definition) is 8. The predicted octanol–water partition coefficient (Wildman–Crippen LogP) is 3.08. The van der Waals surface area contributed by atoms with Crippen LogP contribution in [0.1, 0.15) is 31.9 Å². The zero-order valence-corrected chi connectivity index (χ0v) is 21.5. The number of fused-ring (bicyclic) bond motifs is 1. The molecule has 0 bridgehead atoms. The number of amides is 2. The van der Waals surface area contributed by atoms with E-state index in [9.17, 15) is 14.4 Å². The molecule has 0 unspecified atom stereocenters. The molecule has 0 saturated carbocycles. The predicted molar refractivity (Wildman–Crippen MR) is 138 cm³/mol. The Morgan fingerprint density at radius 1 is 1.17 bits per heavy atom. The molecule has 36 heavy (non-hydrogen) atoms. The van der Waals surface area contributed by atoms with Crippen LogP contribution in [0.25, 0.3) is 0 Å². The van der Waals surface area contributed by atoms with Crippen LogP contribution in [-0.4, -0.2) is 77.5 Å². The van der Waals surface area contributed by atoms with Crippen molar-refractivity contribution in [2.75, 3.05) is 39.9 Å². The standard InChI is InChI=1S/C26H30N4O5S/c1-5-14-35-25(33)23-17(2)27-26-30(24(23)20-8-6-7-9-21(20)34-4)19(16-36-26)15-22(32)29-12-10-28(11-13-29)18(3)31/h5-9,16,24H,1,10-15H2,2-4H3/t24-/m0/s1. The number of piperazine rings is 1. The number of nitrogens with zero attached hydrogens (tertiary/aromatic N) is 4. The monoisotopic (exact) mass is 510 g/mol. The SMILES string of the molecule is C=CCOC(=O)C1=C(C)N=C2SC=C(CC(=O)N3CCN(C(C)=O)CC3)N2[C@H]1c1ccccc1OC. The zero-order chi connectivity index (χ0) is 25.8. The Kier molecular flexibility index (Phi) is 7.83. The molecule has 0 aliphatic carbocycles. The normalized spacial score (nSPS) is 19.4. The van der Waals surface area contributed by atoms with E-state index in [4.69, 9.17) is 9.47 Å². The van der Waals surface area contributed by atoms with Gasteiger partial charge in [-0.25, -0.2) is 9.79 Å². The van der Waals surface area contributed by atoms with Crippen molar-refractivity contribution in [3.63, 3.8) is 0 Å². The highest BCUT2D eigenvalue weighted by molar-refractivity contribution is 8.16. The van der Waals surface area contributed by atoms with Gasteiger partial charge in [0.25, 0.3) is 0 Å². The summed E-state index contributed by atoms with van der Waals surface area (Å²) in [4.78, 5) is 48.3. The van der Waals surface area contributed by atoms with Crippen molar-refractivity contribution in [3.8, 4) is 5.75 Å². The smallest absolute Gasteiger partial charge is 0.338 e. The number of carbonyl (C=O) groups is 3. The van der Waals surface area contributed by atoms with Gasteiger partial charge in [0.15, 0.2) is 5.17 Å². The van der Waals surface area contributed by atoms with Crippen LogP contribution in [0.3, 0.4) is 0 Å². The van der Waals surface area contributed by atoms with Crippen molar-refractivity contribution in [1.82, 2.24) is 14.7 Å². The van der Waals surface area contributed by atoms with Crippen molar-refractivity contribution < 1.29 is 23.9 Å². The van der Waals surface area contributed by atoms with Crippen molar-refractivity contribution in [2.24, 2.45) is 4.99 Å². The minimum atomic E-state index is -0.574. The first-order valence-corrected chi connectivity index (χ1v) is 12.6. The molecule has 1 aromatic carbocycles. The number of amidine groups is 1. The first-order chi connectivity index (χ1) is 17.3. The van der Waals surface area contributed by atoms with E-state index < -0.39 is 12.0 Å². The third kappa shape index (κ3) is 5.04. The van der Waals surface area contributed by atoms with E-state index in [1.165, 1.54) is 17.8 Å². The first kappa shape index (κ1) is 25.6. The summed E-state index contributed by atoms with van der Waals surface area (Å²) in [6, 6.07) is 6.93. The van der Waals surface area contributed by atoms with Crippen molar-refractivity contribution >= 4 is 34.7 Å². The van der Waals surface area contributed by atoms with Gasteiger partial charge >= 0.3 is 5.97 Å². The molecular weight excluding hydrogens is 480 g/mol. The minimum absolute atomic E-state index is 0.0175. The van der Waals surface area contributed by atoms with Gasteiger partial charge in [-0.1, -0.05) is 42.6 Å². The number of allylic oxidation sites excluding steroid dienone is 1. The molecule has 0 spiro atoms. The molecule has 1 aromatic rings. The van der Waals surface area contributed by atoms with Crippen molar-refractivity contribution in [3.05, 3.63) is 64.9 Å². The third-order valence-electron chi connectivity index (χ3n) is 6.40. The van der Waals surface area contributed by atoms with Gasteiger partial charge in [0.1, 0.15) is 12.4 Å².